The van der Waals surface area contributed by atoms with E-state index >= 15 is 0 Å². The molecule has 0 unspecified atom stereocenters. The predicted octanol–water partition coefficient (Wildman–Crippen LogP) is 2.58. The van der Waals surface area contributed by atoms with Crippen molar-refractivity contribution in [1.29, 1.82) is 0 Å². The topological polar surface area (TPSA) is 16.1 Å². The standard InChI is InChI=1S/C11H18N2/c1-8(2)10-7-12-11(13(4)5)6-9(10)3/h6-8H,1-5H3. The van der Waals surface area contributed by atoms with Crippen LogP contribution in [-0.4, -0.2) is 19.1 Å². The molecule has 0 atom stereocenters. The van der Waals surface area contributed by atoms with Crippen molar-refractivity contribution >= 4 is 5.82 Å². The maximum Gasteiger partial charge on any atom is 0.128 e. The van der Waals surface area contributed by atoms with Crippen LogP contribution in [0.15, 0.2) is 12.3 Å². The predicted molar refractivity (Wildman–Crippen MR) is 57.4 cm³/mol. The van der Waals surface area contributed by atoms with E-state index in [-0.39, 0.29) is 0 Å². The highest BCUT2D eigenvalue weighted by atomic mass is 15.1. The Morgan fingerprint density at radius 3 is 2.31 bits per heavy atom. The average Bonchev–Trinajstić information content (AvgIpc) is 2.03. The number of hydrogen-bond donors (Lipinski definition) is 0. The smallest absolute Gasteiger partial charge is 0.128 e. The molecule has 0 aliphatic rings. The highest BCUT2D eigenvalue weighted by Crippen LogP contribution is 2.20. The van der Waals surface area contributed by atoms with Crippen LogP contribution in [0.5, 0.6) is 0 Å². The fraction of sp³-hybridized carbons (Fsp3) is 0.545. The molecule has 0 aromatic carbocycles. The highest BCUT2D eigenvalue weighted by Gasteiger charge is 2.05. The molecule has 13 heavy (non-hydrogen) atoms. The Hall–Kier alpha value is -1.05. The highest BCUT2D eigenvalue weighted by molar-refractivity contribution is 5.42. The molecule has 1 heterocycles. The molecule has 1 rings (SSSR count). The van der Waals surface area contributed by atoms with Crippen LogP contribution >= 0.6 is 0 Å². The minimum absolute atomic E-state index is 0.559. The van der Waals surface area contributed by atoms with Crippen molar-refractivity contribution in [1.82, 2.24) is 4.98 Å². The molecule has 72 valence electrons. The summed E-state index contributed by atoms with van der Waals surface area (Å²) in [5.41, 5.74) is 2.67. The van der Waals surface area contributed by atoms with Gasteiger partial charge in [0.1, 0.15) is 5.82 Å². The summed E-state index contributed by atoms with van der Waals surface area (Å²) in [5, 5.41) is 0. The lowest BCUT2D eigenvalue weighted by molar-refractivity contribution is 0.845. The van der Waals surface area contributed by atoms with Gasteiger partial charge in [-0.15, -0.1) is 0 Å². The number of nitrogens with zero attached hydrogens (tertiary/aromatic N) is 2. The summed E-state index contributed by atoms with van der Waals surface area (Å²) in [6.45, 7) is 6.53. The molecule has 0 aliphatic carbocycles. The molecule has 0 fully saturated rings. The Kier molecular flexibility index (Phi) is 2.91. The SMILES string of the molecule is Cc1cc(N(C)C)ncc1C(C)C. The molecule has 2 nitrogen and oxygen atoms in total. The van der Waals surface area contributed by atoms with Crippen molar-refractivity contribution in [3.63, 3.8) is 0 Å². The second-order valence-corrected chi connectivity index (χ2v) is 3.95. The number of aromatic nitrogens is 1. The fourth-order valence-electron chi connectivity index (χ4n) is 1.40. The molecule has 0 aliphatic heterocycles. The summed E-state index contributed by atoms with van der Waals surface area (Å²) >= 11 is 0. The lowest BCUT2D eigenvalue weighted by atomic mass is 10.0. The van der Waals surface area contributed by atoms with Crippen molar-refractivity contribution in [3.05, 3.63) is 23.4 Å². The Labute approximate surface area is 80.6 Å². The third kappa shape index (κ3) is 2.20. The molecule has 1 aromatic heterocycles. The zero-order chi connectivity index (χ0) is 10.0. The Morgan fingerprint density at radius 1 is 1.31 bits per heavy atom. The van der Waals surface area contributed by atoms with Gasteiger partial charge in [-0.25, -0.2) is 4.98 Å². The lowest BCUT2D eigenvalue weighted by Crippen LogP contribution is -2.11. The molecule has 1 aromatic rings. The summed E-state index contributed by atoms with van der Waals surface area (Å²) in [6, 6.07) is 2.13. The van der Waals surface area contributed by atoms with Gasteiger partial charge in [0.05, 0.1) is 0 Å². The summed E-state index contributed by atoms with van der Waals surface area (Å²) in [4.78, 5) is 6.41. The first-order valence-electron chi connectivity index (χ1n) is 4.66. The molecular formula is C11H18N2. The Balaban J connectivity index is 3.06. The van der Waals surface area contributed by atoms with E-state index in [1.54, 1.807) is 0 Å². The largest absolute Gasteiger partial charge is 0.363 e. The second-order valence-electron chi connectivity index (χ2n) is 3.95. The number of rotatable bonds is 2. The lowest BCUT2D eigenvalue weighted by Gasteiger charge is -2.15. The monoisotopic (exact) mass is 178 g/mol. The summed E-state index contributed by atoms with van der Waals surface area (Å²) < 4.78 is 0. The first-order chi connectivity index (χ1) is 6.02. The van der Waals surface area contributed by atoms with Crippen molar-refractivity contribution in [2.45, 2.75) is 26.7 Å². The minimum atomic E-state index is 0.559. The molecule has 0 spiro atoms. The third-order valence-corrected chi connectivity index (χ3v) is 2.22. The van der Waals surface area contributed by atoms with Gasteiger partial charge < -0.3 is 4.90 Å². The van der Waals surface area contributed by atoms with Crippen molar-refractivity contribution < 1.29 is 0 Å². The zero-order valence-corrected chi connectivity index (χ0v) is 9.13. The quantitative estimate of drug-likeness (QED) is 0.692. The molecule has 0 saturated heterocycles. The van der Waals surface area contributed by atoms with Crippen LogP contribution in [0, 0.1) is 6.92 Å². The van der Waals surface area contributed by atoms with E-state index < -0.39 is 0 Å². The Bertz CT molecular complexity index is 290. The first kappa shape index (κ1) is 10.0. The van der Waals surface area contributed by atoms with E-state index in [4.69, 9.17) is 0 Å². The van der Waals surface area contributed by atoms with E-state index in [2.05, 4.69) is 31.8 Å². The summed E-state index contributed by atoms with van der Waals surface area (Å²) in [5.74, 6) is 1.59. The van der Waals surface area contributed by atoms with Gasteiger partial charge in [0.2, 0.25) is 0 Å². The molecule has 0 N–H and O–H groups in total. The van der Waals surface area contributed by atoms with Crippen LogP contribution in [0.25, 0.3) is 0 Å². The maximum atomic E-state index is 4.39. The number of anilines is 1. The summed E-state index contributed by atoms with van der Waals surface area (Å²) in [6.07, 6.45) is 1.98. The van der Waals surface area contributed by atoms with Crippen LogP contribution in [0.4, 0.5) is 5.82 Å². The van der Waals surface area contributed by atoms with E-state index in [0.717, 1.165) is 5.82 Å². The van der Waals surface area contributed by atoms with Gasteiger partial charge in [0.15, 0.2) is 0 Å². The summed E-state index contributed by atoms with van der Waals surface area (Å²) in [7, 11) is 4.02. The van der Waals surface area contributed by atoms with E-state index in [9.17, 15) is 0 Å². The zero-order valence-electron chi connectivity index (χ0n) is 9.13. The second kappa shape index (κ2) is 3.77. The van der Waals surface area contributed by atoms with E-state index in [1.165, 1.54) is 11.1 Å². The molecular weight excluding hydrogens is 160 g/mol. The van der Waals surface area contributed by atoms with Gasteiger partial charge in [-0.2, -0.15) is 0 Å². The van der Waals surface area contributed by atoms with Gasteiger partial charge in [0.25, 0.3) is 0 Å². The average molecular weight is 178 g/mol. The fourth-order valence-corrected chi connectivity index (χ4v) is 1.40. The molecule has 2 heteroatoms. The van der Waals surface area contributed by atoms with Crippen LogP contribution in [0.3, 0.4) is 0 Å². The Morgan fingerprint density at radius 2 is 1.92 bits per heavy atom. The normalized spacial score (nSPS) is 10.6. The van der Waals surface area contributed by atoms with Gasteiger partial charge in [-0.3, -0.25) is 0 Å². The minimum Gasteiger partial charge on any atom is -0.363 e. The van der Waals surface area contributed by atoms with E-state index in [0.29, 0.717) is 5.92 Å². The van der Waals surface area contributed by atoms with Crippen molar-refractivity contribution in [3.8, 4) is 0 Å². The third-order valence-electron chi connectivity index (χ3n) is 2.22. The molecule has 0 amide bonds. The maximum absolute atomic E-state index is 4.39. The molecule has 0 saturated carbocycles. The van der Waals surface area contributed by atoms with Crippen molar-refractivity contribution in [2.75, 3.05) is 19.0 Å². The number of aryl methyl sites for hydroxylation is 1. The number of pyridine rings is 1. The van der Waals surface area contributed by atoms with Gasteiger partial charge in [-0.05, 0) is 30.0 Å². The first-order valence-corrected chi connectivity index (χ1v) is 4.66. The van der Waals surface area contributed by atoms with Crippen LogP contribution in [-0.2, 0) is 0 Å². The van der Waals surface area contributed by atoms with Gasteiger partial charge in [-0.1, -0.05) is 13.8 Å². The van der Waals surface area contributed by atoms with Crippen LogP contribution in [0.1, 0.15) is 30.9 Å². The van der Waals surface area contributed by atoms with Crippen LogP contribution in [0.2, 0.25) is 0 Å². The number of hydrogen-bond acceptors (Lipinski definition) is 2. The molecule has 0 radical (unpaired) electrons. The molecule has 0 bridgehead atoms. The van der Waals surface area contributed by atoms with Crippen LogP contribution < -0.4 is 4.90 Å². The van der Waals surface area contributed by atoms with E-state index in [1.807, 2.05) is 25.2 Å². The van der Waals surface area contributed by atoms with Gasteiger partial charge >= 0.3 is 0 Å². The van der Waals surface area contributed by atoms with Gasteiger partial charge in [0, 0.05) is 20.3 Å². The van der Waals surface area contributed by atoms with Crippen molar-refractivity contribution in [2.24, 2.45) is 0 Å².